The van der Waals surface area contributed by atoms with Gasteiger partial charge in [-0.1, -0.05) is 29.4 Å². The van der Waals surface area contributed by atoms with Crippen LogP contribution in [0.1, 0.15) is 24.1 Å². The molecule has 6 heteroatoms. The van der Waals surface area contributed by atoms with Crippen LogP contribution in [-0.4, -0.2) is 33.8 Å². The van der Waals surface area contributed by atoms with Gasteiger partial charge in [0.05, 0.1) is 12.2 Å². The number of anilines is 1. The molecule has 1 spiro atoms. The van der Waals surface area contributed by atoms with Crippen molar-refractivity contribution in [3.05, 3.63) is 47.9 Å². The number of aromatic nitrogens is 3. The highest BCUT2D eigenvalue weighted by molar-refractivity contribution is 5.88. The van der Waals surface area contributed by atoms with E-state index < -0.39 is 0 Å². The topological polar surface area (TPSA) is 64.3 Å². The Hall–Kier alpha value is -2.89. The molecule has 2 aliphatic heterocycles. The van der Waals surface area contributed by atoms with E-state index in [9.17, 15) is 0 Å². The van der Waals surface area contributed by atoms with Crippen LogP contribution in [0.3, 0.4) is 0 Å². The first kappa shape index (κ1) is 14.5. The fourth-order valence-corrected chi connectivity index (χ4v) is 3.80. The van der Waals surface area contributed by atoms with Gasteiger partial charge in [-0.15, -0.1) is 0 Å². The van der Waals surface area contributed by atoms with Crippen LogP contribution >= 0.6 is 0 Å². The van der Waals surface area contributed by atoms with Gasteiger partial charge < -0.3 is 14.2 Å². The number of fused-ring (bicyclic) bond motifs is 2. The zero-order valence-corrected chi connectivity index (χ0v) is 14.0. The average molecular weight is 334 g/mol. The largest absolute Gasteiger partial charge is 0.481 e. The number of aryl methyl sites for hydroxylation is 1. The Morgan fingerprint density at radius 2 is 2.12 bits per heavy atom. The van der Waals surface area contributed by atoms with E-state index in [-0.39, 0.29) is 5.60 Å². The minimum Gasteiger partial charge on any atom is -0.481 e. The van der Waals surface area contributed by atoms with E-state index in [1.54, 1.807) is 0 Å². The Balaban J connectivity index is 1.52. The lowest BCUT2D eigenvalue weighted by atomic mass is 9.89. The van der Waals surface area contributed by atoms with Crippen molar-refractivity contribution in [1.29, 1.82) is 0 Å². The van der Waals surface area contributed by atoms with Crippen LogP contribution in [0.25, 0.3) is 17.2 Å². The highest BCUT2D eigenvalue weighted by atomic mass is 16.5. The molecular weight excluding hydrogens is 316 g/mol. The Morgan fingerprint density at radius 3 is 3.08 bits per heavy atom. The summed E-state index contributed by atoms with van der Waals surface area (Å²) in [5.41, 5.74) is 2.15. The number of rotatable bonds is 1. The maximum atomic E-state index is 6.42. The lowest BCUT2D eigenvalue weighted by molar-refractivity contribution is 0.0985. The molecule has 3 aromatic rings. The Morgan fingerprint density at radius 1 is 1.20 bits per heavy atom. The van der Waals surface area contributed by atoms with E-state index in [1.165, 1.54) is 6.33 Å². The number of ether oxygens (including phenoxy) is 1. The lowest BCUT2D eigenvalue weighted by Gasteiger charge is -2.43. The van der Waals surface area contributed by atoms with Gasteiger partial charge in [-0.05, 0) is 31.9 Å². The van der Waals surface area contributed by atoms with Crippen molar-refractivity contribution in [2.45, 2.75) is 25.4 Å². The van der Waals surface area contributed by atoms with E-state index in [1.807, 2.05) is 25.1 Å². The summed E-state index contributed by atoms with van der Waals surface area (Å²) >= 11 is 0. The molecule has 0 saturated carbocycles. The van der Waals surface area contributed by atoms with Crippen LogP contribution in [0.15, 0.2) is 41.2 Å². The molecule has 4 heterocycles. The summed E-state index contributed by atoms with van der Waals surface area (Å²) in [6.07, 6.45) is 7.92. The predicted octanol–water partition coefficient (Wildman–Crippen LogP) is 3.37. The van der Waals surface area contributed by atoms with Gasteiger partial charge in [0.25, 0.3) is 5.71 Å². The molecule has 0 N–H and O–H groups in total. The second kappa shape index (κ2) is 5.31. The van der Waals surface area contributed by atoms with Crippen LogP contribution < -0.4 is 9.64 Å². The van der Waals surface area contributed by atoms with E-state index in [0.717, 1.165) is 54.1 Å². The Kier molecular flexibility index (Phi) is 3.07. The molecule has 6 nitrogen and oxygen atoms in total. The number of hydrogen-bond donors (Lipinski definition) is 0. The van der Waals surface area contributed by atoms with Crippen LogP contribution in [0.4, 0.5) is 5.82 Å². The second-order valence-electron chi connectivity index (χ2n) is 6.71. The fourth-order valence-electron chi connectivity index (χ4n) is 3.80. The first-order valence-electron chi connectivity index (χ1n) is 8.53. The molecule has 1 saturated heterocycles. The SMILES string of the molecule is Cc1noc2ncnc(N3CCCC4(C=Cc5ccccc5O4)C3)c12. The van der Waals surface area contributed by atoms with Crippen LogP contribution in [0.2, 0.25) is 0 Å². The lowest BCUT2D eigenvalue weighted by Crippen LogP contribution is -2.51. The molecule has 2 aliphatic rings. The Labute approximate surface area is 145 Å². The minimum atomic E-state index is -0.324. The molecule has 2 aromatic heterocycles. The monoisotopic (exact) mass is 334 g/mol. The molecule has 1 unspecified atom stereocenters. The summed E-state index contributed by atoms with van der Waals surface area (Å²) in [6, 6.07) is 8.16. The molecule has 0 amide bonds. The van der Waals surface area contributed by atoms with Crippen molar-refractivity contribution < 1.29 is 9.26 Å². The maximum absolute atomic E-state index is 6.42. The first-order chi connectivity index (χ1) is 12.2. The average Bonchev–Trinajstić information content (AvgIpc) is 3.03. The molecule has 0 radical (unpaired) electrons. The van der Waals surface area contributed by atoms with E-state index in [4.69, 9.17) is 9.26 Å². The third kappa shape index (κ3) is 2.28. The van der Waals surface area contributed by atoms with Gasteiger partial charge in [0.1, 0.15) is 28.9 Å². The predicted molar refractivity (Wildman–Crippen MR) is 94.6 cm³/mol. The molecule has 1 atom stereocenters. The number of para-hydroxylation sites is 1. The standard InChI is InChI=1S/C19H18N4O2/c1-13-16-17(20-12-21-18(16)25-22-13)23-10-4-8-19(11-23)9-7-14-5-2-3-6-15(14)24-19/h2-3,5-7,9,12H,4,8,10-11H2,1H3. The quantitative estimate of drug-likeness (QED) is 0.680. The maximum Gasteiger partial charge on any atom is 0.263 e. The zero-order chi connectivity index (χ0) is 16.9. The summed E-state index contributed by atoms with van der Waals surface area (Å²) < 4.78 is 11.7. The molecular formula is C19H18N4O2. The third-order valence-corrected chi connectivity index (χ3v) is 5.01. The summed E-state index contributed by atoms with van der Waals surface area (Å²) in [5.74, 6) is 1.82. The minimum absolute atomic E-state index is 0.324. The molecule has 0 aliphatic carbocycles. The van der Waals surface area contributed by atoms with E-state index in [2.05, 4.69) is 38.2 Å². The fraction of sp³-hybridized carbons (Fsp3) is 0.316. The normalized spacial score (nSPS) is 22.2. The summed E-state index contributed by atoms with van der Waals surface area (Å²) in [6.45, 7) is 3.59. The molecule has 1 aromatic carbocycles. The molecule has 25 heavy (non-hydrogen) atoms. The van der Waals surface area contributed by atoms with Crippen molar-refractivity contribution in [1.82, 2.24) is 15.1 Å². The van der Waals surface area contributed by atoms with Gasteiger partial charge in [0.2, 0.25) is 0 Å². The molecule has 5 rings (SSSR count). The summed E-state index contributed by atoms with van der Waals surface area (Å²) in [7, 11) is 0. The zero-order valence-electron chi connectivity index (χ0n) is 14.0. The van der Waals surface area contributed by atoms with Crippen LogP contribution in [0, 0.1) is 6.92 Å². The third-order valence-electron chi connectivity index (χ3n) is 5.01. The molecule has 126 valence electrons. The van der Waals surface area contributed by atoms with Crippen molar-refractivity contribution >= 4 is 23.0 Å². The van der Waals surface area contributed by atoms with Crippen molar-refractivity contribution in [2.24, 2.45) is 0 Å². The van der Waals surface area contributed by atoms with Gasteiger partial charge in [-0.25, -0.2) is 4.98 Å². The first-order valence-corrected chi connectivity index (χ1v) is 8.53. The van der Waals surface area contributed by atoms with Gasteiger partial charge in [-0.3, -0.25) is 0 Å². The second-order valence-corrected chi connectivity index (χ2v) is 6.71. The van der Waals surface area contributed by atoms with E-state index in [0.29, 0.717) is 5.71 Å². The summed E-state index contributed by atoms with van der Waals surface area (Å²) in [4.78, 5) is 11.0. The van der Waals surface area contributed by atoms with Crippen molar-refractivity contribution in [2.75, 3.05) is 18.0 Å². The van der Waals surface area contributed by atoms with E-state index >= 15 is 0 Å². The number of hydrogen-bond acceptors (Lipinski definition) is 6. The smallest absolute Gasteiger partial charge is 0.263 e. The number of piperidine rings is 1. The molecule has 0 bridgehead atoms. The molecule has 1 fully saturated rings. The number of benzene rings is 1. The van der Waals surface area contributed by atoms with Gasteiger partial charge in [0, 0.05) is 12.1 Å². The van der Waals surface area contributed by atoms with Crippen molar-refractivity contribution in [3.8, 4) is 5.75 Å². The van der Waals surface area contributed by atoms with Crippen molar-refractivity contribution in [3.63, 3.8) is 0 Å². The van der Waals surface area contributed by atoms with Crippen LogP contribution in [0.5, 0.6) is 5.75 Å². The van der Waals surface area contributed by atoms with Crippen LogP contribution in [-0.2, 0) is 0 Å². The highest BCUT2D eigenvalue weighted by Gasteiger charge is 2.38. The van der Waals surface area contributed by atoms with Gasteiger partial charge >= 0.3 is 0 Å². The highest BCUT2D eigenvalue weighted by Crippen LogP contribution is 2.38. The Bertz CT molecular complexity index is 980. The van der Waals surface area contributed by atoms with Gasteiger partial charge in [-0.2, -0.15) is 4.98 Å². The summed E-state index contributed by atoms with van der Waals surface area (Å²) in [5, 5.41) is 4.92. The number of nitrogens with zero attached hydrogens (tertiary/aromatic N) is 4. The van der Waals surface area contributed by atoms with Gasteiger partial charge in [0.15, 0.2) is 0 Å².